The molecular formula is C25H27FIN3O2. The van der Waals surface area contributed by atoms with E-state index in [-0.39, 0.29) is 17.3 Å². The minimum Gasteiger partial charge on any atom is -0.378 e. The molecule has 0 unspecified atom stereocenters. The first-order valence-electron chi connectivity index (χ1n) is 10.5. The van der Waals surface area contributed by atoms with Gasteiger partial charge in [-0.1, -0.05) is 20.8 Å². The van der Waals surface area contributed by atoms with Crippen LogP contribution in [-0.2, 0) is 11.2 Å². The summed E-state index contributed by atoms with van der Waals surface area (Å²) in [6.07, 6.45) is 2.39. The number of nitrogens with zero attached hydrogens (tertiary/aromatic N) is 3. The van der Waals surface area contributed by atoms with Crippen LogP contribution in [0.15, 0.2) is 42.6 Å². The number of methoxy groups -OCH3 is 1. The maximum atomic E-state index is 13.7. The fraction of sp³-hybridized carbons (Fsp3) is 0.360. The molecule has 5 nitrogen and oxygen atoms in total. The molecule has 4 rings (SSSR count). The molecule has 0 atom stereocenters. The summed E-state index contributed by atoms with van der Waals surface area (Å²) in [4.78, 5) is 13.0. The van der Waals surface area contributed by atoms with Gasteiger partial charge in [0.15, 0.2) is 0 Å². The zero-order chi connectivity index (χ0) is 23.4. The van der Waals surface area contributed by atoms with E-state index < -0.39 is 5.41 Å². The number of benzene rings is 2. The number of fused-ring (bicyclic) bond motifs is 2. The van der Waals surface area contributed by atoms with Crippen LogP contribution in [0.1, 0.15) is 45.1 Å². The standard InChI is InChI=1S/C25H27FIN3O2/c1-24(2,3)23(31)30-19-12-18-20(11-15(19)14-28-30)29(17-9-7-16(26)8-10-17)21(22(18)27)13-25(4,5)32-6/h7-12,14H,13H2,1-6H3. The molecule has 0 N–H and O–H groups in total. The summed E-state index contributed by atoms with van der Waals surface area (Å²) >= 11 is 2.36. The highest BCUT2D eigenvalue weighted by atomic mass is 127. The summed E-state index contributed by atoms with van der Waals surface area (Å²) in [6.45, 7) is 9.77. The van der Waals surface area contributed by atoms with Crippen LogP contribution in [0.5, 0.6) is 0 Å². The normalized spacial score (nSPS) is 12.8. The van der Waals surface area contributed by atoms with Crippen molar-refractivity contribution in [3.63, 3.8) is 0 Å². The third-order valence-corrected chi connectivity index (χ3v) is 6.95. The molecule has 32 heavy (non-hydrogen) atoms. The van der Waals surface area contributed by atoms with Crippen LogP contribution in [0.2, 0.25) is 0 Å². The Bertz CT molecular complexity index is 1330. The molecule has 7 heteroatoms. The van der Waals surface area contributed by atoms with E-state index in [1.807, 2.05) is 40.7 Å². The lowest BCUT2D eigenvalue weighted by Gasteiger charge is -2.24. The van der Waals surface area contributed by atoms with E-state index in [1.165, 1.54) is 16.8 Å². The maximum Gasteiger partial charge on any atom is 0.252 e. The Labute approximate surface area is 200 Å². The van der Waals surface area contributed by atoms with Gasteiger partial charge in [-0.3, -0.25) is 4.79 Å². The predicted molar refractivity (Wildman–Crippen MR) is 134 cm³/mol. The first kappa shape index (κ1) is 22.9. The van der Waals surface area contributed by atoms with Gasteiger partial charge in [0.25, 0.3) is 5.91 Å². The Morgan fingerprint density at radius 1 is 1.09 bits per heavy atom. The Kier molecular flexibility index (Phi) is 5.69. The minimum absolute atomic E-state index is 0.0550. The first-order valence-corrected chi connectivity index (χ1v) is 11.6. The number of carbonyl (C=O) groups is 1. The SMILES string of the molecule is COC(C)(C)Cc1c(I)c2cc3c(cnn3C(=O)C(C)(C)C)cc2n1-c1ccc(F)cc1. The third-order valence-electron chi connectivity index (χ3n) is 5.75. The molecule has 168 valence electrons. The quantitative estimate of drug-likeness (QED) is 0.279. The highest BCUT2D eigenvalue weighted by molar-refractivity contribution is 14.1. The van der Waals surface area contributed by atoms with E-state index in [1.54, 1.807) is 25.4 Å². The molecule has 0 fully saturated rings. The van der Waals surface area contributed by atoms with Gasteiger partial charge in [-0.25, -0.2) is 4.39 Å². The molecule has 0 amide bonds. The Morgan fingerprint density at radius 2 is 1.75 bits per heavy atom. The van der Waals surface area contributed by atoms with Crippen molar-refractivity contribution in [2.24, 2.45) is 5.41 Å². The molecule has 4 aromatic rings. The Hall–Kier alpha value is -2.26. The molecular weight excluding hydrogens is 520 g/mol. The van der Waals surface area contributed by atoms with Gasteiger partial charge in [0.1, 0.15) is 5.82 Å². The van der Waals surface area contributed by atoms with Crippen LogP contribution < -0.4 is 0 Å². The number of ether oxygens (including phenoxy) is 1. The summed E-state index contributed by atoms with van der Waals surface area (Å²) in [6, 6.07) is 10.6. The van der Waals surface area contributed by atoms with Crippen molar-refractivity contribution < 1.29 is 13.9 Å². The molecule has 0 aliphatic heterocycles. The Morgan fingerprint density at radius 3 is 2.34 bits per heavy atom. The van der Waals surface area contributed by atoms with Gasteiger partial charge in [-0.15, -0.1) is 0 Å². The van der Waals surface area contributed by atoms with Crippen LogP contribution in [-0.4, -0.2) is 33.0 Å². The molecule has 0 radical (unpaired) electrons. The highest BCUT2D eigenvalue weighted by Crippen LogP contribution is 2.36. The van der Waals surface area contributed by atoms with E-state index in [2.05, 4.69) is 38.3 Å². The number of carbonyl (C=O) groups excluding carboxylic acids is 1. The number of aromatic nitrogens is 3. The van der Waals surface area contributed by atoms with Crippen molar-refractivity contribution >= 4 is 50.3 Å². The summed E-state index contributed by atoms with van der Waals surface area (Å²) in [5.74, 6) is -0.330. The zero-order valence-electron chi connectivity index (χ0n) is 19.2. The van der Waals surface area contributed by atoms with E-state index in [0.29, 0.717) is 6.42 Å². The van der Waals surface area contributed by atoms with E-state index in [9.17, 15) is 9.18 Å². The number of halogens is 2. The van der Waals surface area contributed by atoms with Crippen molar-refractivity contribution in [1.29, 1.82) is 0 Å². The molecule has 2 aromatic carbocycles. The monoisotopic (exact) mass is 547 g/mol. The fourth-order valence-electron chi connectivity index (χ4n) is 3.82. The van der Waals surface area contributed by atoms with Crippen LogP contribution in [0, 0.1) is 14.8 Å². The van der Waals surface area contributed by atoms with Gasteiger partial charge in [-0.2, -0.15) is 9.78 Å². The van der Waals surface area contributed by atoms with Gasteiger partial charge in [0.2, 0.25) is 0 Å². The molecule has 0 spiro atoms. The summed E-state index contributed by atoms with van der Waals surface area (Å²) in [5, 5.41) is 6.29. The fourth-order valence-corrected chi connectivity index (χ4v) is 4.68. The topological polar surface area (TPSA) is 49.1 Å². The van der Waals surface area contributed by atoms with Crippen molar-refractivity contribution in [3.8, 4) is 5.69 Å². The minimum atomic E-state index is -0.547. The van der Waals surface area contributed by atoms with E-state index >= 15 is 0 Å². The molecule has 0 aliphatic rings. The lowest BCUT2D eigenvalue weighted by molar-refractivity contribution is 0.0220. The predicted octanol–water partition coefficient (Wildman–Crippen LogP) is 6.38. The van der Waals surface area contributed by atoms with E-state index in [4.69, 9.17) is 4.74 Å². The number of rotatable bonds is 4. The summed E-state index contributed by atoms with van der Waals surface area (Å²) in [7, 11) is 1.71. The van der Waals surface area contributed by atoms with Gasteiger partial charge >= 0.3 is 0 Å². The first-order chi connectivity index (χ1) is 14.9. The molecule has 0 bridgehead atoms. The van der Waals surface area contributed by atoms with Crippen molar-refractivity contribution in [3.05, 3.63) is 57.7 Å². The van der Waals surface area contributed by atoms with Crippen molar-refractivity contribution in [2.45, 2.75) is 46.6 Å². The third kappa shape index (κ3) is 3.96. The lowest BCUT2D eigenvalue weighted by Crippen LogP contribution is -2.27. The smallest absolute Gasteiger partial charge is 0.252 e. The van der Waals surface area contributed by atoms with Crippen LogP contribution >= 0.6 is 22.6 Å². The molecule has 2 aromatic heterocycles. The van der Waals surface area contributed by atoms with Gasteiger partial charge in [-0.05, 0) is 72.8 Å². The molecule has 0 saturated carbocycles. The lowest BCUT2D eigenvalue weighted by atomic mass is 9.96. The number of hydrogen-bond donors (Lipinski definition) is 0. The van der Waals surface area contributed by atoms with Gasteiger partial charge < -0.3 is 9.30 Å². The van der Waals surface area contributed by atoms with Crippen LogP contribution in [0.4, 0.5) is 4.39 Å². The second-order valence-electron chi connectivity index (χ2n) is 9.75. The Balaban J connectivity index is 2.03. The summed E-state index contributed by atoms with van der Waals surface area (Å²) in [5.41, 5.74) is 2.79. The molecule has 0 saturated heterocycles. The van der Waals surface area contributed by atoms with E-state index in [0.717, 1.165) is 36.8 Å². The van der Waals surface area contributed by atoms with Crippen LogP contribution in [0.25, 0.3) is 27.5 Å². The number of hydrogen-bond acceptors (Lipinski definition) is 3. The van der Waals surface area contributed by atoms with Crippen molar-refractivity contribution in [2.75, 3.05) is 7.11 Å². The zero-order valence-corrected chi connectivity index (χ0v) is 21.3. The van der Waals surface area contributed by atoms with Gasteiger partial charge in [0.05, 0.1) is 22.8 Å². The average molecular weight is 547 g/mol. The van der Waals surface area contributed by atoms with Crippen molar-refractivity contribution in [1.82, 2.24) is 14.3 Å². The second-order valence-corrected chi connectivity index (χ2v) is 10.8. The maximum absolute atomic E-state index is 13.7. The highest BCUT2D eigenvalue weighted by Gasteiger charge is 2.28. The molecule has 0 aliphatic carbocycles. The van der Waals surface area contributed by atoms with Gasteiger partial charge in [0, 0.05) is 44.7 Å². The van der Waals surface area contributed by atoms with Crippen LogP contribution in [0.3, 0.4) is 0 Å². The average Bonchev–Trinajstić information content (AvgIpc) is 3.25. The largest absolute Gasteiger partial charge is 0.378 e. The molecule has 2 heterocycles. The second kappa shape index (κ2) is 7.95. The summed E-state index contributed by atoms with van der Waals surface area (Å²) < 4.78 is 24.1.